The summed E-state index contributed by atoms with van der Waals surface area (Å²) >= 11 is 0. The minimum Gasteiger partial charge on any atom is -0.392 e. The zero-order valence-electron chi connectivity index (χ0n) is 68.5. The molecule has 5 heterocycles. The van der Waals surface area contributed by atoms with Crippen LogP contribution in [0.4, 0.5) is 39.8 Å². The van der Waals surface area contributed by atoms with Crippen LogP contribution in [0, 0.1) is 77.7 Å². The van der Waals surface area contributed by atoms with E-state index in [1.165, 1.54) is 253 Å². The number of pyridine rings is 1. The van der Waals surface area contributed by atoms with E-state index in [-0.39, 0.29) is 135 Å². The molecule has 0 aliphatic heterocycles. The summed E-state index contributed by atoms with van der Waals surface area (Å²) in [4.78, 5) is 85.5. The van der Waals surface area contributed by atoms with E-state index in [1.54, 1.807) is 25.1 Å². The summed E-state index contributed by atoms with van der Waals surface area (Å²) in [5.74, 6) is -0.431. The number of aromatic nitrogens is 17. The number of nitrogens with zero attached hydrogens (tertiary/aromatic N) is 24. The van der Waals surface area contributed by atoms with Crippen molar-refractivity contribution >= 4 is 80.3 Å². The third-order valence-corrected chi connectivity index (χ3v) is 22.9. The Kier molecular flexibility index (Phi) is 27.8. The van der Waals surface area contributed by atoms with Crippen LogP contribution in [0.5, 0.6) is 0 Å². The van der Waals surface area contributed by atoms with Crippen molar-refractivity contribution < 1.29 is 121 Å². The minimum absolute atomic E-state index is 0.0129. The van der Waals surface area contributed by atoms with Crippen molar-refractivity contribution in [2.45, 2.75) is 46.3 Å². The van der Waals surface area contributed by atoms with Crippen molar-refractivity contribution in [1.29, 1.82) is 0 Å². The Morgan fingerprint density at radius 1 is 0.279 bits per heavy atom. The molecule has 0 fully saturated rings. The summed E-state index contributed by atoms with van der Waals surface area (Å²) in [6, 6.07) is 56.2. The maximum atomic E-state index is 11.9. The zero-order chi connectivity index (χ0) is 98.2. The van der Waals surface area contributed by atoms with Crippen LogP contribution in [0.2, 0.25) is 0 Å². The van der Waals surface area contributed by atoms with E-state index in [9.17, 15) is 138 Å². The molecule has 0 unspecified atom stereocenters. The van der Waals surface area contributed by atoms with E-state index in [0.29, 0.717) is 22.6 Å². The minimum atomic E-state index is -4.65. The molecule has 5 aromatic heterocycles. The number of rotatable bonds is 26. The maximum Gasteiger partial charge on any atom is 0.341 e. The number of benzene rings is 11. The maximum absolute atomic E-state index is 11.9. The van der Waals surface area contributed by atoms with Gasteiger partial charge in [-0.1, -0.05) is 48.5 Å². The molecule has 0 aliphatic rings. The summed E-state index contributed by atoms with van der Waals surface area (Å²) < 4.78 is 133. The number of hydrogen-bond donors (Lipinski definition) is 7. The van der Waals surface area contributed by atoms with E-state index in [2.05, 4.69) is 45.8 Å². The standard InChI is InChI=1S/2C20H14N6O8S.C20H14N6O7S.C19H14N6O6S/c2*27-12-13-11-16(26(30)31)9-10-18(13)24-22-20(17-3-1-2-4-19(17)35(32,33)34)21-23(24)14-5-7-15(8-6-14)25(28)29;1-13-12-16(26(29)30)10-11-18(13)24-22-20(17-4-2-3-5-19(17)34(31,32)33)21-23(24)14-6-8-15(9-7-14)25(27)28;26-12-13-11-15(25(27)28)5-6-17(13)24-22-19(21-23(24)14-7-9-20-10-8-14)16-3-1-2-4-18(16)32(29,30)31/h2*1-11,27H,12H2;2-12H,1H3;1-11,26H,12H2/p+4. The Bertz CT molecular complexity index is 7720. The predicted molar refractivity (Wildman–Crippen MR) is 459 cm³/mol. The first kappa shape index (κ1) is 95.7. The highest BCUT2D eigenvalue weighted by Gasteiger charge is 2.37. The molecule has 136 heavy (non-hydrogen) atoms. The number of nitro benzene ring substituents is 7. The average Bonchev–Trinajstić information content (AvgIpc) is 1.63. The summed E-state index contributed by atoms with van der Waals surface area (Å²) in [5, 5.41) is 142. The fraction of sp³-hybridized carbons (Fsp3) is 0.0506. The molecule has 0 saturated heterocycles. The molecular formula is C79H60N24O29S4+4. The first-order valence-corrected chi connectivity index (χ1v) is 43.7. The van der Waals surface area contributed by atoms with Gasteiger partial charge in [0, 0.05) is 139 Å². The second kappa shape index (κ2) is 39.5. The van der Waals surface area contributed by atoms with Crippen LogP contribution in [-0.4, -0.2) is 167 Å². The van der Waals surface area contributed by atoms with Gasteiger partial charge < -0.3 is 15.3 Å². The lowest BCUT2D eigenvalue weighted by Gasteiger charge is -2.04. The van der Waals surface area contributed by atoms with Gasteiger partial charge in [-0.25, -0.2) is 0 Å². The Balaban J connectivity index is 0.000000153. The molecule has 0 bridgehead atoms. The van der Waals surface area contributed by atoms with Crippen LogP contribution < -0.4 is 19.2 Å². The molecule has 16 aromatic rings. The Labute approximate surface area is 759 Å². The molecule has 0 amide bonds. The molecule has 690 valence electrons. The fourth-order valence-electron chi connectivity index (χ4n) is 13.0. The van der Waals surface area contributed by atoms with Gasteiger partial charge in [0.05, 0.1) is 96.9 Å². The predicted octanol–water partition coefficient (Wildman–Crippen LogP) is 7.37. The van der Waals surface area contributed by atoms with Gasteiger partial charge in [0.15, 0.2) is 22.7 Å². The molecular weight excluding hydrogens is 1880 g/mol. The van der Waals surface area contributed by atoms with Crippen molar-refractivity contribution in [2.24, 2.45) is 0 Å². The number of aliphatic hydroxyl groups is 3. The van der Waals surface area contributed by atoms with Gasteiger partial charge in [-0.3, -0.25) is 94.0 Å². The van der Waals surface area contributed by atoms with Crippen molar-refractivity contribution in [3.8, 4) is 91.1 Å². The second-order valence-electron chi connectivity index (χ2n) is 27.7. The lowest BCUT2D eigenvalue weighted by Crippen LogP contribution is -2.44. The molecule has 0 spiro atoms. The van der Waals surface area contributed by atoms with E-state index < -0.39 is 109 Å². The van der Waals surface area contributed by atoms with Crippen LogP contribution in [0.25, 0.3) is 91.1 Å². The van der Waals surface area contributed by atoms with Crippen LogP contribution in [0.1, 0.15) is 22.3 Å². The number of aryl methyl sites for hydroxylation is 1. The summed E-state index contributed by atoms with van der Waals surface area (Å²) in [6.07, 6.45) is 3.02. The Morgan fingerprint density at radius 3 is 0.706 bits per heavy atom. The van der Waals surface area contributed by atoms with Crippen LogP contribution in [0.3, 0.4) is 0 Å². The van der Waals surface area contributed by atoms with Crippen molar-refractivity contribution in [1.82, 2.24) is 65.0 Å². The zero-order valence-corrected chi connectivity index (χ0v) is 71.8. The Hall–Kier alpha value is -17.8. The van der Waals surface area contributed by atoms with Crippen LogP contribution in [0.15, 0.2) is 287 Å². The molecule has 0 atom stereocenters. The molecule has 0 saturated carbocycles. The number of aliphatic hydroxyl groups excluding tert-OH is 3. The molecule has 57 heteroatoms. The largest absolute Gasteiger partial charge is 0.392 e. The topological polar surface area (TPSA) is 731 Å². The molecule has 53 nitrogen and oxygen atoms in total. The highest BCUT2D eigenvalue weighted by atomic mass is 32.2. The van der Waals surface area contributed by atoms with Gasteiger partial charge in [0.25, 0.3) is 80.3 Å². The average molecular weight is 1940 g/mol. The van der Waals surface area contributed by atoms with E-state index >= 15 is 0 Å². The highest BCUT2D eigenvalue weighted by Crippen LogP contribution is 2.33. The summed E-state index contributed by atoms with van der Waals surface area (Å²) in [5.41, 5.74) is 1.74. The fourth-order valence-corrected chi connectivity index (χ4v) is 15.7. The normalized spacial score (nSPS) is 11.4. The SMILES string of the molecule is Cc1cc([N+](=O)[O-])ccc1-[n+]1nc(-c2ccccc2S(=O)(=O)O)nn1-c1ccc([N+](=O)[O-])cc1.O=[N+]([O-])c1ccc(-[n+]2nc(-c3ccccc3S(=O)(=O)O)nn2-c2ccncc2)c(CO)c1.O=[N+]([O-])c1ccc(-n2nc(-c3ccccc3S(=O)(=O)O)n[n+]2-c2ccc([N+](=O)[O-])cc2CO)cc1.O=[N+]([O-])c1ccc(-n2nc(-c3ccccc3S(=O)(=O)O)n[n+]2-c2ccc([N+](=O)[O-])cc2CO)cc1. The lowest BCUT2D eigenvalue weighted by molar-refractivity contribution is -0.735. The first-order valence-electron chi connectivity index (χ1n) is 38.0. The lowest BCUT2D eigenvalue weighted by atomic mass is 10.1. The second-order valence-corrected chi connectivity index (χ2v) is 33.3. The van der Waals surface area contributed by atoms with E-state index in [4.69, 9.17) is 0 Å². The van der Waals surface area contributed by atoms with Crippen LogP contribution >= 0.6 is 0 Å². The van der Waals surface area contributed by atoms with Gasteiger partial charge in [-0.15, -0.1) is 0 Å². The molecule has 16 rings (SSSR count). The quantitative estimate of drug-likeness (QED) is 0.0120. The van der Waals surface area contributed by atoms with Gasteiger partial charge in [0.2, 0.25) is 0 Å². The summed E-state index contributed by atoms with van der Waals surface area (Å²) in [7, 11) is -18.5. The van der Waals surface area contributed by atoms with Gasteiger partial charge in [-0.05, 0) is 168 Å². The first-order chi connectivity index (χ1) is 64.5. The van der Waals surface area contributed by atoms with E-state index in [1.807, 2.05) is 0 Å². The molecule has 0 aliphatic carbocycles. The number of non-ortho nitro benzene ring substituents is 7. The monoisotopic (exact) mass is 1940 g/mol. The Morgan fingerprint density at radius 2 is 0.485 bits per heavy atom. The highest BCUT2D eigenvalue weighted by molar-refractivity contribution is 7.86. The third kappa shape index (κ3) is 21.1. The van der Waals surface area contributed by atoms with E-state index in [0.717, 1.165) is 33.9 Å². The smallest absolute Gasteiger partial charge is 0.341 e. The number of nitro groups is 7. The van der Waals surface area contributed by atoms with Crippen molar-refractivity contribution in [3.63, 3.8) is 0 Å². The number of hydrogen-bond acceptors (Lipinski definition) is 34. The van der Waals surface area contributed by atoms with Crippen molar-refractivity contribution in [3.05, 3.63) is 360 Å². The third-order valence-electron chi connectivity index (χ3n) is 19.2. The molecule has 11 aromatic carbocycles. The molecule has 0 radical (unpaired) electrons. The number of tetrazole rings is 4. The van der Waals surface area contributed by atoms with Gasteiger partial charge in [-0.2, -0.15) is 33.7 Å². The summed E-state index contributed by atoms with van der Waals surface area (Å²) in [6.45, 7) is -0.109. The van der Waals surface area contributed by atoms with Gasteiger partial charge in [0.1, 0.15) is 42.3 Å². The van der Waals surface area contributed by atoms with Gasteiger partial charge >= 0.3 is 23.3 Å². The van der Waals surface area contributed by atoms with Crippen LogP contribution in [-0.2, 0) is 60.3 Å². The van der Waals surface area contributed by atoms with Crippen molar-refractivity contribution in [2.75, 3.05) is 0 Å². The molecule has 7 N–H and O–H groups in total.